The smallest absolute Gasteiger partial charge is 0.0856 e. The van der Waals surface area contributed by atoms with Crippen LogP contribution in [0.25, 0.3) is 0 Å². The van der Waals surface area contributed by atoms with Gasteiger partial charge < -0.3 is 0 Å². The van der Waals surface area contributed by atoms with E-state index in [0.29, 0.717) is 13.2 Å². The molecule has 0 radical (unpaired) electrons. The molecule has 0 rings (SSSR count). The Morgan fingerprint density at radius 2 is 1.00 bits per heavy atom. The summed E-state index contributed by atoms with van der Waals surface area (Å²) in [5.74, 6) is 0. The highest BCUT2D eigenvalue weighted by molar-refractivity contribution is 4.92. The van der Waals surface area contributed by atoms with Crippen LogP contribution in [0.1, 0.15) is 54.4 Å². The maximum atomic E-state index is 5.10. The van der Waals surface area contributed by atoms with Gasteiger partial charge in [0.2, 0.25) is 0 Å². The highest BCUT2D eigenvalue weighted by atomic mass is 17.2. The summed E-state index contributed by atoms with van der Waals surface area (Å²) >= 11 is 0. The van der Waals surface area contributed by atoms with Gasteiger partial charge in [0.25, 0.3) is 0 Å². The summed E-state index contributed by atoms with van der Waals surface area (Å²) < 4.78 is 0. The number of allylic oxidation sites excluding steroid dienone is 2. The maximum Gasteiger partial charge on any atom is 0.0856 e. The van der Waals surface area contributed by atoms with E-state index in [2.05, 4.69) is 65.8 Å². The second kappa shape index (κ2) is 8.49. The number of rotatable bonds is 7. The van der Waals surface area contributed by atoms with Crippen molar-refractivity contribution in [3.05, 3.63) is 24.3 Å². The molecule has 0 saturated carbocycles. The Bertz CT molecular complexity index is 223. The molecule has 0 fully saturated rings. The summed E-state index contributed by atoms with van der Waals surface area (Å²) in [4.78, 5) is 10.2. The van der Waals surface area contributed by atoms with Crippen molar-refractivity contribution in [3.8, 4) is 0 Å². The number of hydrogen-bond acceptors (Lipinski definition) is 2. The average Bonchev–Trinajstić information content (AvgIpc) is 2.17. The molecule has 18 heavy (non-hydrogen) atoms. The van der Waals surface area contributed by atoms with E-state index in [-0.39, 0.29) is 10.8 Å². The molecule has 0 aliphatic heterocycles. The van der Waals surface area contributed by atoms with Crippen LogP contribution in [0, 0.1) is 10.8 Å². The van der Waals surface area contributed by atoms with Crippen molar-refractivity contribution in [1.82, 2.24) is 0 Å². The summed E-state index contributed by atoms with van der Waals surface area (Å²) in [7, 11) is 0. The van der Waals surface area contributed by atoms with Crippen LogP contribution in [0.15, 0.2) is 24.3 Å². The van der Waals surface area contributed by atoms with Gasteiger partial charge in [0.1, 0.15) is 0 Å². The van der Waals surface area contributed by atoms with Crippen LogP contribution in [-0.2, 0) is 9.78 Å². The van der Waals surface area contributed by atoms with E-state index in [0.717, 1.165) is 12.8 Å². The Hall–Kier alpha value is -0.600. The van der Waals surface area contributed by atoms with Gasteiger partial charge in [-0.1, -0.05) is 65.8 Å². The van der Waals surface area contributed by atoms with Crippen molar-refractivity contribution >= 4 is 0 Å². The molecule has 106 valence electrons. The predicted octanol–water partition coefficient (Wildman–Crippen LogP) is 4.92. The topological polar surface area (TPSA) is 18.5 Å². The van der Waals surface area contributed by atoms with E-state index in [1.165, 1.54) is 0 Å². The first-order chi connectivity index (χ1) is 8.21. The van der Waals surface area contributed by atoms with Gasteiger partial charge in [-0.25, -0.2) is 9.78 Å². The van der Waals surface area contributed by atoms with E-state index >= 15 is 0 Å². The lowest BCUT2D eigenvalue weighted by atomic mass is 9.96. The Labute approximate surface area is 113 Å². The quantitative estimate of drug-likeness (QED) is 0.278. The van der Waals surface area contributed by atoms with Gasteiger partial charge in [-0.05, 0) is 23.7 Å². The molecule has 2 nitrogen and oxygen atoms in total. The zero-order valence-corrected chi connectivity index (χ0v) is 13.0. The summed E-state index contributed by atoms with van der Waals surface area (Å²) in [5, 5.41) is 0. The molecule has 0 atom stereocenters. The van der Waals surface area contributed by atoms with Crippen LogP contribution in [0.4, 0.5) is 0 Å². The van der Waals surface area contributed by atoms with Crippen LogP contribution < -0.4 is 0 Å². The Morgan fingerprint density at radius 3 is 1.28 bits per heavy atom. The van der Waals surface area contributed by atoms with E-state index in [1.807, 2.05) is 0 Å². The normalized spacial score (nSPS) is 13.9. The lowest BCUT2D eigenvalue weighted by molar-refractivity contribution is -0.292. The molecule has 0 saturated heterocycles. The molecule has 0 amide bonds. The minimum Gasteiger partial charge on any atom is -0.236 e. The maximum absolute atomic E-state index is 5.10. The van der Waals surface area contributed by atoms with Gasteiger partial charge in [-0.2, -0.15) is 0 Å². The fourth-order valence-corrected chi connectivity index (χ4v) is 1.22. The van der Waals surface area contributed by atoms with Gasteiger partial charge in [0.05, 0.1) is 13.2 Å². The summed E-state index contributed by atoms with van der Waals surface area (Å²) in [6, 6.07) is 0. The van der Waals surface area contributed by atoms with Gasteiger partial charge >= 0.3 is 0 Å². The Balaban J connectivity index is 3.37. The molecule has 0 unspecified atom stereocenters. The van der Waals surface area contributed by atoms with Crippen molar-refractivity contribution in [2.45, 2.75) is 54.4 Å². The van der Waals surface area contributed by atoms with Gasteiger partial charge in [-0.3, -0.25) is 0 Å². The summed E-state index contributed by atoms with van der Waals surface area (Å²) in [6.45, 7) is 14.3. The first-order valence-electron chi connectivity index (χ1n) is 6.80. The number of hydrogen-bond donors (Lipinski definition) is 0. The van der Waals surface area contributed by atoms with Crippen LogP contribution >= 0.6 is 0 Å². The highest BCUT2D eigenvalue weighted by Crippen LogP contribution is 2.15. The molecule has 0 N–H and O–H groups in total. The molecule has 2 heteroatoms. The zero-order chi connectivity index (χ0) is 14.1. The van der Waals surface area contributed by atoms with Crippen molar-refractivity contribution in [2.75, 3.05) is 13.2 Å². The third kappa shape index (κ3) is 15.4. The van der Waals surface area contributed by atoms with Crippen LogP contribution in [0.2, 0.25) is 0 Å². The average molecular weight is 254 g/mol. The fourth-order valence-electron chi connectivity index (χ4n) is 1.22. The largest absolute Gasteiger partial charge is 0.236 e. The van der Waals surface area contributed by atoms with Crippen LogP contribution in [0.5, 0.6) is 0 Å². The molecule has 0 aromatic rings. The molecular weight excluding hydrogens is 224 g/mol. The van der Waals surface area contributed by atoms with Crippen LogP contribution in [-0.4, -0.2) is 13.2 Å². The molecule has 0 aliphatic carbocycles. The Kier molecular flexibility index (Phi) is 8.21. The molecule has 0 aliphatic rings. The SMILES string of the molecule is CC(C)(C)C=CCCOOCCC=CC(C)(C)C. The van der Waals surface area contributed by atoms with Crippen molar-refractivity contribution in [2.24, 2.45) is 10.8 Å². The van der Waals surface area contributed by atoms with Gasteiger partial charge in [0.15, 0.2) is 0 Å². The molecule has 0 heterocycles. The van der Waals surface area contributed by atoms with Crippen molar-refractivity contribution in [3.63, 3.8) is 0 Å². The van der Waals surface area contributed by atoms with E-state index in [4.69, 9.17) is 9.78 Å². The minimum absolute atomic E-state index is 0.249. The lowest BCUT2D eigenvalue weighted by Crippen LogP contribution is -2.01. The third-order valence-electron chi connectivity index (χ3n) is 2.05. The monoisotopic (exact) mass is 254 g/mol. The molecule has 0 bridgehead atoms. The first-order valence-corrected chi connectivity index (χ1v) is 6.80. The first kappa shape index (κ1) is 17.4. The Morgan fingerprint density at radius 1 is 0.667 bits per heavy atom. The van der Waals surface area contributed by atoms with E-state index < -0.39 is 0 Å². The van der Waals surface area contributed by atoms with E-state index in [1.54, 1.807) is 0 Å². The second-order valence-corrected chi connectivity index (χ2v) is 6.76. The molecule has 0 aromatic heterocycles. The fraction of sp³-hybridized carbons (Fsp3) is 0.750. The molecular formula is C16H30O2. The molecule has 0 spiro atoms. The zero-order valence-electron chi connectivity index (χ0n) is 13.0. The van der Waals surface area contributed by atoms with Gasteiger partial charge in [0, 0.05) is 0 Å². The lowest BCUT2D eigenvalue weighted by Gasteiger charge is -2.11. The summed E-state index contributed by atoms with van der Waals surface area (Å²) in [5.41, 5.74) is 0.497. The predicted molar refractivity (Wildman–Crippen MR) is 78.3 cm³/mol. The molecule has 0 aromatic carbocycles. The standard InChI is InChI=1S/C16H30O2/c1-15(2,3)11-7-9-13-17-18-14-10-8-12-16(4,5)6/h7-8,11-12H,9-10,13-14H2,1-6H3. The van der Waals surface area contributed by atoms with Crippen molar-refractivity contribution in [1.29, 1.82) is 0 Å². The van der Waals surface area contributed by atoms with Crippen molar-refractivity contribution < 1.29 is 9.78 Å². The van der Waals surface area contributed by atoms with E-state index in [9.17, 15) is 0 Å². The third-order valence-corrected chi connectivity index (χ3v) is 2.05. The second-order valence-electron chi connectivity index (χ2n) is 6.76. The summed E-state index contributed by atoms with van der Waals surface area (Å²) in [6.07, 6.45) is 10.5. The van der Waals surface area contributed by atoms with Gasteiger partial charge in [-0.15, -0.1) is 0 Å². The minimum atomic E-state index is 0.249. The van der Waals surface area contributed by atoms with Crippen LogP contribution in [0.3, 0.4) is 0 Å². The highest BCUT2D eigenvalue weighted by Gasteiger charge is 2.03.